The third-order valence-electron chi connectivity index (χ3n) is 13.5. The number of aromatic carboxylic acids is 1. The van der Waals surface area contributed by atoms with Crippen molar-refractivity contribution in [3.8, 4) is 16.9 Å². The molecule has 0 saturated carbocycles. The zero-order valence-corrected chi connectivity index (χ0v) is 39.1. The van der Waals surface area contributed by atoms with Gasteiger partial charge in [-0.1, -0.05) is 59.9 Å². The Morgan fingerprint density at radius 3 is 2.58 bits per heavy atom. The minimum Gasteiger partial charge on any atom is -0.493 e. The number of rotatable bonds is 14. The van der Waals surface area contributed by atoms with Gasteiger partial charge in [0.25, 0.3) is 5.91 Å². The molecule has 16 nitrogen and oxygen atoms in total. The maximum Gasteiger partial charge on any atom is 0.355 e. The highest BCUT2D eigenvalue weighted by Crippen LogP contribution is 2.36. The van der Waals surface area contributed by atoms with Gasteiger partial charge in [0.1, 0.15) is 11.6 Å². The van der Waals surface area contributed by atoms with Crippen LogP contribution in [0, 0.1) is 12.8 Å². The highest BCUT2D eigenvalue weighted by atomic mass is 32.1. The topological polar surface area (TPSA) is 201 Å². The summed E-state index contributed by atoms with van der Waals surface area (Å²) in [7, 11) is 1.79. The Balaban J connectivity index is 0.735. The fourth-order valence-corrected chi connectivity index (χ4v) is 10.9. The van der Waals surface area contributed by atoms with Crippen molar-refractivity contribution < 1.29 is 33.8 Å². The lowest BCUT2D eigenvalue weighted by Crippen LogP contribution is -2.39. The Bertz CT molecular complexity index is 3150. The molecule has 352 valence electrons. The van der Waals surface area contributed by atoms with Crippen LogP contribution < -0.4 is 25.6 Å². The number of carbonyl (C=O) groups excluding carboxylic acids is 4. The SMILES string of the molecule is Cc1c(OCCCC2CCN(CC(=O)Nc3cccc4c(C5CCC(=O)NC5=O)nn(C)c34)C2)cccc1-c1ccc(N2CCc3cccc(C(=O)Nc4nc5ccccc5s4)c3C2)nc1C(=O)O. The lowest BCUT2D eigenvalue weighted by atomic mass is 9.92. The molecular weight excluding hydrogens is 895 g/mol. The van der Waals surface area contributed by atoms with Crippen LogP contribution in [0.2, 0.25) is 0 Å². The molecule has 0 radical (unpaired) electrons. The first-order valence-electron chi connectivity index (χ1n) is 23.3. The maximum absolute atomic E-state index is 13.6. The van der Waals surface area contributed by atoms with Crippen LogP contribution in [0.5, 0.6) is 5.75 Å². The van der Waals surface area contributed by atoms with Crippen LogP contribution in [0.1, 0.15) is 81.3 Å². The van der Waals surface area contributed by atoms with Crippen LogP contribution >= 0.6 is 11.3 Å². The summed E-state index contributed by atoms with van der Waals surface area (Å²) < 4.78 is 8.98. The van der Waals surface area contributed by atoms with E-state index in [0.717, 1.165) is 75.7 Å². The van der Waals surface area contributed by atoms with Crippen molar-refractivity contribution in [1.29, 1.82) is 0 Å². The third-order valence-corrected chi connectivity index (χ3v) is 14.5. The first-order chi connectivity index (χ1) is 33.5. The number of hydrogen-bond donors (Lipinski definition) is 4. The summed E-state index contributed by atoms with van der Waals surface area (Å²) in [5.41, 5.74) is 7.23. The standard InChI is InChI=1S/C52H51N9O7S/c1-30-33(34-18-20-43(55-47(34)51(66)67)61-25-23-32-10-5-12-35(38(32)28-61)49(64)57-52-54-39-14-3-4-17-42(39)69-52)11-7-16-41(30)68-26-8-9-31-22-24-60(27-31)29-45(63)53-40-15-6-13-36-46(58-59(2)48(36)40)37-19-21-44(62)56-50(37)65/h3-7,10-18,20,31,37H,8-9,19,21-29H2,1-2H3,(H,53,63)(H,66,67)(H,54,57,64)(H,56,62,65). The zero-order valence-electron chi connectivity index (χ0n) is 38.3. The predicted molar refractivity (Wildman–Crippen MR) is 264 cm³/mol. The van der Waals surface area contributed by atoms with E-state index in [1.807, 2.05) is 103 Å². The third kappa shape index (κ3) is 9.39. The van der Waals surface area contributed by atoms with Gasteiger partial charge in [-0.05, 0) is 116 Å². The molecule has 3 aliphatic heterocycles. The molecule has 10 rings (SSSR count). The van der Waals surface area contributed by atoms with E-state index in [-0.39, 0.29) is 42.3 Å². The van der Waals surface area contributed by atoms with Crippen molar-refractivity contribution in [2.24, 2.45) is 13.0 Å². The van der Waals surface area contributed by atoms with E-state index in [0.29, 0.717) is 77.7 Å². The first-order valence-corrected chi connectivity index (χ1v) is 24.1. The van der Waals surface area contributed by atoms with Gasteiger partial charge in [0.05, 0.1) is 46.2 Å². The van der Waals surface area contributed by atoms with Crippen molar-refractivity contribution in [1.82, 2.24) is 30.0 Å². The Morgan fingerprint density at radius 1 is 0.899 bits per heavy atom. The average molecular weight is 946 g/mol. The summed E-state index contributed by atoms with van der Waals surface area (Å²) in [4.78, 5) is 77.6. The van der Waals surface area contributed by atoms with Crippen molar-refractivity contribution >= 4 is 78.7 Å². The van der Waals surface area contributed by atoms with E-state index in [4.69, 9.17) is 9.72 Å². The minimum atomic E-state index is -1.14. The van der Waals surface area contributed by atoms with Crippen molar-refractivity contribution in [3.63, 3.8) is 0 Å². The summed E-state index contributed by atoms with van der Waals surface area (Å²) in [6.45, 7) is 5.27. The molecule has 0 spiro atoms. The minimum absolute atomic E-state index is 0.0622. The van der Waals surface area contributed by atoms with Gasteiger partial charge in [-0.25, -0.2) is 14.8 Å². The second-order valence-corrected chi connectivity index (χ2v) is 19.0. The summed E-state index contributed by atoms with van der Waals surface area (Å²) in [6.07, 6.45) is 4.03. The molecule has 4 N–H and O–H groups in total. The number of carboxylic acid groups (broad SMARTS) is 1. The monoisotopic (exact) mass is 945 g/mol. The second kappa shape index (κ2) is 19.2. The van der Waals surface area contributed by atoms with Gasteiger partial charge in [0.15, 0.2) is 10.8 Å². The van der Waals surface area contributed by atoms with Gasteiger partial charge in [0.2, 0.25) is 17.7 Å². The Labute approximate surface area is 401 Å². The quantitative estimate of drug-likeness (QED) is 0.0613. The number of benzene rings is 4. The molecule has 4 amide bonds. The smallest absolute Gasteiger partial charge is 0.355 e. The number of imide groups is 1. The number of anilines is 3. The Hall–Kier alpha value is -7.50. The second-order valence-electron chi connectivity index (χ2n) is 18.0. The average Bonchev–Trinajstić information content (AvgIpc) is 4.07. The van der Waals surface area contributed by atoms with Crippen molar-refractivity contribution in [3.05, 3.63) is 125 Å². The van der Waals surface area contributed by atoms with Crippen molar-refractivity contribution in [2.75, 3.05) is 48.3 Å². The van der Waals surface area contributed by atoms with Gasteiger partial charge in [-0.2, -0.15) is 5.10 Å². The molecule has 0 aliphatic carbocycles. The van der Waals surface area contributed by atoms with E-state index in [2.05, 4.69) is 30.9 Å². The molecule has 2 unspecified atom stereocenters. The molecule has 2 atom stereocenters. The summed E-state index contributed by atoms with van der Waals surface area (Å²) >= 11 is 1.42. The fourth-order valence-electron chi connectivity index (χ4n) is 10.1. The molecule has 3 aromatic heterocycles. The number of carbonyl (C=O) groups is 5. The number of piperidine rings is 1. The van der Waals surface area contributed by atoms with Gasteiger partial charge >= 0.3 is 5.97 Å². The Kier molecular flexibility index (Phi) is 12.6. The normalized spacial score (nSPS) is 17.2. The van der Waals surface area contributed by atoms with Crippen molar-refractivity contribution in [2.45, 2.75) is 57.9 Å². The van der Waals surface area contributed by atoms with Crippen LogP contribution in [-0.4, -0.2) is 92.1 Å². The van der Waals surface area contributed by atoms with Crippen LogP contribution in [0.4, 0.5) is 16.6 Å². The van der Waals surface area contributed by atoms with Crippen LogP contribution in [0.15, 0.2) is 91.0 Å². The molecule has 2 fully saturated rings. The lowest BCUT2D eigenvalue weighted by molar-refractivity contribution is -0.134. The number of amides is 4. The number of hydrogen-bond acceptors (Lipinski definition) is 12. The number of aromatic nitrogens is 4. The fraction of sp³-hybridized carbons (Fsp3) is 0.308. The first kappa shape index (κ1) is 45.3. The maximum atomic E-state index is 13.6. The number of para-hydroxylation sites is 2. The van der Waals surface area contributed by atoms with E-state index >= 15 is 0 Å². The molecule has 0 bridgehead atoms. The zero-order chi connectivity index (χ0) is 47.8. The highest BCUT2D eigenvalue weighted by Gasteiger charge is 2.33. The van der Waals surface area contributed by atoms with E-state index in [9.17, 15) is 29.1 Å². The number of aryl methyl sites for hydroxylation is 1. The number of likely N-dealkylation sites (tertiary alicyclic amines) is 1. The van der Waals surface area contributed by atoms with Gasteiger partial charge in [0, 0.05) is 49.6 Å². The number of carboxylic acids is 1. The molecule has 17 heteroatoms. The molecule has 7 aromatic rings. The van der Waals surface area contributed by atoms with Gasteiger partial charge in [-0.3, -0.25) is 39.4 Å². The highest BCUT2D eigenvalue weighted by molar-refractivity contribution is 7.22. The number of fused-ring (bicyclic) bond motifs is 3. The molecule has 2 saturated heterocycles. The largest absolute Gasteiger partial charge is 0.493 e. The number of thiazole rings is 1. The molecular formula is C52H51N9O7S. The van der Waals surface area contributed by atoms with E-state index in [1.165, 1.54) is 11.3 Å². The van der Waals surface area contributed by atoms with Crippen LogP contribution in [-0.2, 0) is 34.4 Å². The van der Waals surface area contributed by atoms with Gasteiger partial charge in [-0.15, -0.1) is 0 Å². The number of nitrogens with zero attached hydrogens (tertiary/aromatic N) is 6. The molecule has 3 aliphatic rings. The summed E-state index contributed by atoms with van der Waals surface area (Å²) in [5.74, 6) is -1.07. The molecule has 6 heterocycles. The Morgan fingerprint density at radius 2 is 1.74 bits per heavy atom. The predicted octanol–water partition coefficient (Wildman–Crippen LogP) is 7.71. The van der Waals surface area contributed by atoms with E-state index in [1.54, 1.807) is 11.7 Å². The number of ether oxygens (including phenoxy) is 1. The van der Waals surface area contributed by atoms with Crippen LogP contribution in [0.25, 0.3) is 32.2 Å². The van der Waals surface area contributed by atoms with E-state index < -0.39 is 11.9 Å². The molecule has 4 aromatic carbocycles. The lowest BCUT2D eigenvalue weighted by Gasteiger charge is -2.31. The van der Waals surface area contributed by atoms with Crippen LogP contribution in [0.3, 0.4) is 0 Å². The van der Waals surface area contributed by atoms with Gasteiger partial charge < -0.3 is 20.1 Å². The number of nitrogens with one attached hydrogen (secondary N) is 3. The molecule has 69 heavy (non-hydrogen) atoms. The number of pyridine rings is 1. The summed E-state index contributed by atoms with van der Waals surface area (Å²) in [5, 5.41) is 24.9. The summed E-state index contributed by atoms with van der Waals surface area (Å²) in [6, 6.07) is 28.3.